The Labute approximate surface area is 181 Å². The smallest absolute Gasteiger partial charge is 0.416 e. The lowest BCUT2D eigenvalue weighted by Crippen LogP contribution is -2.18. The Kier molecular flexibility index (Phi) is 7.65. The number of hydrogen-bond acceptors (Lipinski definition) is 3. The van der Waals surface area contributed by atoms with Crippen LogP contribution in [-0.2, 0) is 6.18 Å². The second-order valence-corrected chi connectivity index (χ2v) is 7.52. The van der Waals surface area contributed by atoms with Crippen molar-refractivity contribution >= 4 is 57.3 Å². The lowest BCUT2D eigenvalue weighted by molar-refractivity contribution is -0.137. The van der Waals surface area contributed by atoms with E-state index in [4.69, 9.17) is 4.74 Å². The summed E-state index contributed by atoms with van der Waals surface area (Å²) in [6.45, 7) is 3.98. The predicted molar refractivity (Wildman–Crippen MR) is 114 cm³/mol. The first-order valence-corrected chi connectivity index (χ1v) is 9.61. The maximum absolute atomic E-state index is 12.7. The van der Waals surface area contributed by atoms with E-state index in [0.717, 1.165) is 25.0 Å². The van der Waals surface area contributed by atoms with Gasteiger partial charge in [0.2, 0.25) is 0 Å². The van der Waals surface area contributed by atoms with Gasteiger partial charge in [-0.3, -0.25) is 4.79 Å². The largest absolute Gasteiger partial charge is 0.487 e. The number of ether oxygens (including phenoxy) is 1. The van der Waals surface area contributed by atoms with Crippen molar-refractivity contribution in [2.75, 3.05) is 6.61 Å². The average Bonchev–Trinajstić information content (AvgIpc) is 2.60. The molecule has 0 aliphatic rings. The number of amides is 1. The van der Waals surface area contributed by atoms with Gasteiger partial charge in [-0.25, -0.2) is 5.43 Å². The molecule has 0 aliphatic heterocycles. The molecule has 0 saturated carbocycles. The van der Waals surface area contributed by atoms with Crippen molar-refractivity contribution in [1.82, 2.24) is 5.43 Å². The minimum absolute atomic E-state index is 0.126. The number of benzene rings is 2. The molecule has 27 heavy (non-hydrogen) atoms. The third kappa shape index (κ3) is 6.19. The minimum Gasteiger partial charge on any atom is -0.487 e. The van der Waals surface area contributed by atoms with E-state index in [1.807, 2.05) is 0 Å². The van der Waals surface area contributed by atoms with E-state index in [1.54, 1.807) is 18.2 Å². The van der Waals surface area contributed by atoms with Gasteiger partial charge in [0, 0.05) is 5.56 Å². The first-order chi connectivity index (χ1) is 12.7. The Morgan fingerprint density at radius 1 is 1.22 bits per heavy atom. The number of carbonyl (C=O) groups excluding carboxylic acids is 1. The normalized spacial score (nSPS) is 11.4. The summed E-state index contributed by atoms with van der Waals surface area (Å²) in [6.07, 6.45) is -1.46. The highest BCUT2D eigenvalue weighted by molar-refractivity contribution is 14.1. The second-order valence-electron chi connectivity index (χ2n) is 5.19. The first-order valence-electron chi connectivity index (χ1n) is 7.45. The standard InChI is InChI=1S/C18H13F3I2N2O2/c1-2-6-27-16-14(22)7-11(8-15(16)23)10-24-25-17(26)12-4-3-5-13(9-12)18(19,20)21/h2-5,7-10H,1,6H2,(H,25,26)/b24-10-. The number of halogens is 5. The van der Waals surface area contributed by atoms with E-state index >= 15 is 0 Å². The lowest BCUT2D eigenvalue weighted by Gasteiger charge is -2.09. The average molecular weight is 600 g/mol. The SMILES string of the molecule is C=CCOc1c(I)cc(/C=N\NC(=O)c2cccc(C(F)(F)F)c2)cc1I. The van der Waals surface area contributed by atoms with E-state index in [0.29, 0.717) is 12.2 Å². The van der Waals surface area contributed by atoms with Crippen LogP contribution in [0.4, 0.5) is 13.2 Å². The summed E-state index contributed by atoms with van der Waals surface area (Å²) in [5, 5.41) is 3.81. The van der Waals surface area contributed by atoms with E-state index in [2.05, 4.69) is 62.3 Å². The van der Waals surface area contributed by atoms with Crippen LogP contribution in [0.3, 0.4) is 0 Å². The third-order valence-corrected chi connectivity index (χ3v) is 4.80. The molecular formula is C18H13F3I2N2O2. The Morgan fingerprint density at radius 3 is 2.48 bits per heavy atom. The summed E-state index contributed by atoms with van der Waals surface area (Å²) in [4.78, 5) is 12.0. The van der Waals surface area contributed by atoms with Crippen molar-refractivity contribution in [1.29, 1.82) is 0 Å². The summed E-state index contributed by atoms with van der Waals surface area (Å²) in [5.74, 6) is -0.00562. The molecule has 0 fully saturated rings. The topological polar surface area (TPSA) is 50.7 Å². The highest BCUT2D eigenvalue weighted by Gasteiger charge is 2.30. The maximum atomic E-state index is 12.7. The molecule has 9 heteroatoms. The number of carbonyl (C=O) groups is 1. The van der Waals surface area contributed by atoms with Gasteiger partial charge in [-0.2, -0.15) is 18.3 Å². The Balaban J connectivity index is 2.09. The van der Waals surface area contributed by atoms with Crippen LogP contribution in [0, 0.1) is 7.14 Å². The van der Waals surface area contributed by atoms with E-state index in [-0.39, 0.29) is 5.56 Å². The van der Waals surface area contributed by atoms with Gasteiger partial charge in [0.1, 0.15) is 12.4 Å². The fourth-order valence-electron chi connectivity index (χ4n) is 2.00. The molecule has 1 N–H and O–H groups in total. The number of nitrogens with one attached hydrogen (secondary N) is 1. The van der Waals surface area contributed by atoms with Crippen molar-refractivity contribution in [3.63, 3.8) is 0 Å². The second kappa shape index (κ2) is 9.53. The van der Waals surface area contributed by atoms with Gasteiger partial charge in [-0.15, -0.1) is 0 Å². The molecule has 0 atom stereocenters. The van der Waals surface area contributed by atoms with Gasteiger partial charge in [0.05, 0.1) is 18.9 Å². The van der Waals surface area contributed by atoms with Crippen LogP contribution in [0.25, 0.3) is 0 Å². The van der Waals surface area contributed by atoms with E-state index in [9.17, 15) is 18.0 Å². The van der Waals surface area contributed by atoms with Gasteiger partial charge < -0.3 is 4.74 Å². The molecule has 0 aliphatic carbocycles. The number of hydrazone groups is 1. The molecule has 2 aromatic carbocycles. The van der Waals surface area contributed by atoms with Crippen LogP contribution in [0.1, 0.15) is 21.5 Å². The molecule has 2 aromatic rings. The predicted octanol–water partition coefficient (Wildman–Crippen LogP) is 5.24. The zero-order valence-electron chi connectivity index (χ0n) is 13.7. The first kappa shape index (κ1) is 21.7. The summed E-state index contributed by atoms with van der Waals surface area (Å²) < 4.78 is 45.4. The molecule has 0 spiro atoms. The van der Waals surface area contributed by atoms with Gasteiger partial charge in [0.15, 0.2) is 0 Å². The molecule has 0 bridgehead atoms. The third-order valence-electron chi connectivity index (χ3n) is 3.20. The van der Waals surface area contributed by atoms with Crippen LogP contribution in [0.15, 0.2) is 54.2 Å². The van der Waals surface area contributed by atoms with Gasteiger partial charge in [-0.1, -0.05) is 18.7 Å². The monoisotopic (exact) mass is 600 g/mol. The van der Waals surface area contributed by atoms with Crippen LogP contribution in [-0.4, -0.2) is 18.7 Å². The molecule has 0 unspecified atom stereocenters. The quantitative estimate of drug-likeness (QED) is 0.214. The minimum atomic E-state index is -4.51. The summed E-state index contributed by atoms with van der Waals surface area (Å²) >= 11 is 4.23. The van der Waals surface area contributed by atoms with Crippen molar-refractivity contribution in [2.45, 2.75) is 6.18 Å². The van der Waals surface area contributed by atoms with E-state index < -0.39 is 17.6 Å². The molecule has 2 rings (SSSR count). The van der Waals surface area contributed by atoms with Crippen molar-refractivity contribution in [3.8, 4) is 5.75 Å². The number of hydrogen-bond donors (Lipinski definition) is 1. The van der Waals surface area contributed by atoms with E-state index in [1.165, 1.54) is 18.3 Å². The zero-order valence-corrected chi connectivity index (χ0v) is 18.0. The Hall–Kier alpha value is -1.63. The summed E-state index contributed by atoms with van der Waals surface area (Å²) in [5.41, 5.74) is 1.92. The number of rotatable bonds is 6. The van der Waals surface area contributed by atoms with Crippen molar-refractivity contribution in [2.24, 2.45) is 5.10 Å². The molecule has 142 valence electrons. The molecule has 0 heterocycles. The Bertz CT molecular complexity index is 860. The highest BCUT2D eigenvalue weighted by atomic mass is 127. The molecule has 0 aromatic heterocycles. The molecule has 0 radical (unpaired) electrons. The van der Waals surface area contributed by atoms with Crippen LogP contribution < -0.4 is 10.2 Å². The fourth-order valence-corrected chi connectivity index (χ4v) is 4.13. The Morgan fingerprint density at radius 2 is 1.89 bits per heavy atom. The molecule has 1 amide bonds. The van der Waals surface area contributed by atoms with Gasteiger partial charge in [0.25, 0.3) is 5.91 Å². The van der Waals surface area contributed by atoms with Crippen molar-refractivity contribution < 1.29 is 22.7 Å². The van der Waals surface area contributed by atoms with Crippen LogP contribution in [0.2, 0.25) is 0 Å². The summed E-state index contributed by atoms with van der Waals surface area (Å²) in [7, 11) is 0. The van der Waals surface area contributed by atoms with Crippen molar-refractivity contribution in [3.05, 3.63) is 72.9 Å². The number of nitrogens with zero attached hydrogens (tertiary/aromatic N) is 1. The van der Waals surface area contributed by atoms with Gasteiger partial charge >= 0.3 is 6.18 Å². The maximum Gasteiger partial charge on any atom is 0.416 e. The zero-order chi connectivity index (χ0) is 20.0. The van der Waals surface area contributed by atoms with Crippen LogP contribution >= 0.6 is 45.2 Å². The molecular weight excluding hydrogens is 587 g/mol. The lowest BCUT2D eigenvalue weighted by atomic mass is 10.1. The van der Waals surface area contributed by atoms with Gasteiger partial charge in [-0.05, 0) is 81.1 Å². The molecule has 0 saturated heterocycles. The molecule has 4 nitrogen and oxygen atoms in total. The fraction of sp³-hybridized carbons (Fsp3) is 0.111. The van der Waals surface area contributed by atoms with Crippen LogP contribution in [0.5, 0.6) is 5.75 Å². The highest BCUT2D eigenvalue weighted by Crippen LogP contribution is 2.30. The summed E-state index contributed by atoms with van der Waals surface area (Å²) in [6, 6.07) is 7.76. The number of alkyl halides is 3.